The van der Waals surface area contributed by atoms with E-state index < -0.39 is 11.8 Å². The number of thiocarbonyl (C=S) groups is 1. The molecular weight excluding hydrogens is 503 g/mol. The van der Waals surface area contributed by atoms with Gasteiger partial charge in [-0.3, -0.25) is 20.2 Å². The van der Waals surface area contributed by atoms with E-state index in [1.54, 1.807) is 24.3 Å². The predicted molar refractivity (Wildman–Crippen MR) is 109 cm³/mol. The van der Waals surface area contributed by atoms with E-state index in [1.807, 2.05) is 0 Å². The lowest BCUT2D eigenvalue weighted by atomic mass is 10.1. The summed E-state index contributed by atoms with van der Waals surface area (Å²) in [6, 6.07) is 9.44. The molecule has 0 bridgehead atoms. The molecule has 0 unspecified atom stereocenters. The number of halogens is 3. The fourth-order valence-electron chi connectivity index (χ4n) is 2.31. The standard InChI is InChI=1S/C18H11Br2FN2O3S/c19-13-6-10(5-12-16(24)22-18(27)23-17(12)25)7-14(20)15(13)26-8-9-1-3-11(21)4-2-9/h1-7H,8H2,(H2,22,23,24,25,27). The molecule has 2 amide bonds. The Morgan fingerprint density at radius 3 is 2.15 bits per heavy atom. The van der Waals surface area contributed by atoms with Crippen LogP contribution in [0.25, 0.3) is 6.08 Å². The van der Waals surface area contributed by atoms with E-state index in [0.717, 1.165) is 5.56 Å². The average Bonchev–Trinajstić information content (AvgIpc) is 2.59. The van der Waals surface area contributed by atoms with Crippen molar-refractivity contribution in [3.8, 4) is 5.75 Å². The summed E-state index contributed by atoms with van der Waals surface area (Å²) in [5.74, 6) is -0.893. The minimum absolute atomic E-state index is 0.0194. The van der Waals surface area contributed by atoms with Crippen LogP contribution >= 0.6 is 44.1 Å². The summed E-state index contributed by atoms with van der Waals surface area (Å²) in [6.07, 6.45) is 1.45. The number of amides is 2. The van der Waals surface area contributed by atoms with Crippen LogP contribution in [0.5, 0.6) is 5.75 Å². The van der Waals surface area contributed by atoms with Gasteiger partial charge in [-0.2, -0.15) is 0 Å². The van der Waals surface area contributed by atoms with Gasteiger partial charge in [-0.25, -0.2) is 4.39 Å². The Labute approximate surface area is 176 Å². The summed E-state index contributed by atoms with van der Waals surface area (Å²) in [5.41, 5.74) is 1.37. The van der Waals surface area contributed by atoms with Crippen LogP contribution in [0.4, 0.5) is 4.39 Å². The van der Waals surface area contributed by atoms with Crippen LogP contribution in [0, 0.1) is 5.82 Å². The number of rotatable bonds is 4. The second kappa shape index (κ2) is 8.28. The molecule has 1 heterocycles. The first-order valence-electron chi connectivity index (χ1n) is 7.58. The van der Waals surface area contributed by atoms with Crippen molar-refractivity contribution in [1.82, 2.24) is 10.6 Å². The maximum absolute atomic E-state index is 13.0. The number of ether oxygens (including phenoxy) is 1. The Bertz CT molecular complexity index is 932. The number of carbonyl (C=O) groups excluding carboxylic acids is 2. The highest BCUT2D eigenvalue weighted by atomic mass is 79.9. The zero-order chi connectivity index (χ0) is 19.6. The summed E-state index contributed by atoms with van der Waals surface area (Å²) in [4.78, 5) is 23.9. The lowest BCUT2D eigenvalue weighted by Gasteiger charge is -2.16. The lowest BCUT2D eigenvalue weighted by molar-refractivity contribution is -0.123. The van der Waals surface area contributed by atoms with E-state index in [2.05, 4.69) is 42.5 Å². The van der Waals surface area contributed by atoms with Gasteiger partial charge in [0, 0.05) is 0 Å². The Hall–Kier alpha value is -2.10. The van der Waals surface area contributed by atoms with Gasteiger partial charge in [-0.15, -0.1) is 0 Å². The topological polar surface area (TPSA) is 67.4 Å². The molecule has 0 aromatic heterocycles. The third-order valence-electron chi connectivity index (χ3n) is 3.57. The number of carbonyl (C=O) groups is 2. The highest BCUT2D eigenvalue weighted by Crippen LogP contribution is 2.36. The zero-order valence-electron chi connectivity index (χ0n) is 13.5. The molecule has 3 rings (SSSR count). The van der Waals surface area contributed by atoms with Crippen molar-refractivity contribution >= 4 is 67.1 Å². The Balaban J connectivity index is 1.81. The average molecular weight is 514 g/mol. The largest absolute Gasteiger partial charge is 0.487 e. The summed E-state index contributed by atoms with van der Waals surface area (Å²) in [7, 11) is 0. The molecule has 5 nitrogen and oxygen atoms in total. The molecule has 2 aromatic carbocycles. The minimum Gasteiger partial charge on any atom is -0.487 e. The van der Waals surface area contributed by atoms with Gasteiger partial charge >= 0.3 is 0 Å². The minimum atomic E-state index is -0.562. The summed E-state index contributed by atoms with van der Waals surface area (Å²) < 4.78 is 20.0. The molecule has 138 valence electrons. The molecular formula is C18H11Br2FN2O3S. The second-order valence-electron chi connectivity index (χ2n) is 5.52. The van der Waals surface area contributed by atoms with E-state index in [1.165, 1.54) is 18.2 Å². The van der Waals surface area contributed by atoms with Gasteiger partial charge in [0.05, 0.1) is 8.95 Å². The van der Waals surface area contributed by atoms with Crippen LogP contribution in [0.2, 0.25) is 0 Å². The van der Waals surface area contributed by atoms with Gasteiger partial charge in [-0.05, 0) is 85.5 Å². The van der Waals surface area contributed by atoms with Crippen molar-refractivity contribution in [2.75, 3.05) is 0 Å². The van der Waals surface area contributed by atoms with Crippen LogP contribution in [-0.2, 0) is 16.2 Å². The van der Waals surface area contributed by atoms with E-state index in [4.69, 9.17) is 17.0 Å². The number of hydrogen-bond acceptors (Lipinski definition) is 4. The number of nitrogens with one attached hydrogen (secondary N) is 2. The van der Waals surface area contributed by atoms with Crippen LogP contribution < -0.4 is 15.4 Å². The normalized spacial score (nSPS) is 13.9. The van der Waals surface area contributed by atoms with Crippen molar-refractivity contribution in [1.29, 1.82) is 0 Å². The first kappa shape index (κ1) is 19.7. The van der Waals surface area contributed by atoms with Gasteiger partial charge in [-0.1, -0.05) is 12.1 Å². The fourth-order valence-corrected chi connectivity index (χ4v) is 3.95. The molecule has 1 aliphatic heterocycles. The molecule has 1 fully saturated rings. The molecule has 9 heteroatoms. The van der Waals surface area contributed by atoms with Gasteiger partial charge in [0.1, 0.15) is 23.7 Å². The maximum Gasteiger partial charge on any atom is 0.263 e. The molecule has 0 aliphatic carbocycles. The van der Waals surface area contributed by atoms with Gasteiger partial charge < -0.3 is 4.74 Å². The molecule has 2 aromatic rings. The number of hydrogen-bond donors (Lipinski definition) is 2. The van der Waals surface area contributed by atoms with Crippen molar-refractivity contribution in [2.24, 2.45) is 0 Å². The molecule has 1 aliphatic rings. The van der Waals surface area contributed by atoms with Crippen LogP contribution in [0.15, 0.2) is 50.9 Å². The second-order valence-corrected chi connectivity index (χ2v) is 7.64. The Kier molecular flexibility index (Phi) is 6.03. The molecule has 27 heavy (non-hydrogen) atoms. The third kappa shape index (κ3) is 4.79. The highest BCUT2D eigenvalue weighted by molar-refractivity contribution is 9.11. The molecule has 0 saturated carbocycles. The lowest BCUT2D eigenvalue weighted by Crippen LogP contribution is -2.51. The van der Waals surface area contributed by atoms with Crippen LogP contribution in [-0.4, -0.2) is 16.9 Å². The van der Waals surface area contributed by atoms with Gasteiger partial charge in [0.25, 0.3) is 11.8 Å². The quantitative estimate of drug-likeness (QED) is 0.370. The summed E-state index contributed by atoms with van der Waals surface area (Å²) in [5, 5.41) is 4.74. The van der Waals surface area contributed by atoms with Crippen molar-refractivity contribution in [3.05, 3.63) is 67.9 Å². The third-order valence-corrected chi connectivity index (χ3v) is 4.95. The van der Waals surface area contributed by atoms with Gasteiger partial charge in [0.2, 0.25) is 0 Å². The number of benzene rings is 2. The maximum atomic E-state index is 13.0. The highest BCUT2D eigenvalue weighted by Gasteiger charge is 2.25. The summed E-state index contributed by atoms with van der Waals surface area (Å²) in [6.45, 7) is 0.250. The molecule has 0 atom stereocenters. The Morgan fingerprint density at radius 1 is 1.04 bits per heavy atom. The van der Waals surface area contributed by atoms with Crippen molar-refractivity contribution in [3.63, 3.8) is 0 Å². The van der Waals surface area contributed by atoms with E-state index >= 15 is 0 Å². The van der Waals surface area contributed by atoms with Crippen LogP contribution in [0.3, 0.4) is 0 Å². The van der Waals surface area contributed by atoms with E-state index in [9.17, 15) is 14.0 Å². The van der Waals surface area contributed by atoms with Gasteiger partial charge in [0.15, 0.2) is 5.11 Å². The molecule has 0 radical (unpaired) electrons. The molecule has 1 saturated heterocycles. The van der Waals surface area contributed by atoms with E-state index in [-0.39, 0.29) is 23.1 Å². The fraction of sp³-hybridized carbons (Fsp3) is 0.0556. The SMILES string of the molecule is O=C1NC(=S)NC(=O)C1=Cc1cc(Br)c(OCc2ccc(F)cc2)c(Br)c1. The summed E-state index contributed by atoms with van der Waals surface area (Å²) >= 11 is 11.6. The zero-order valence-corrected chi connectivity index (χ0v) is 17.5. The first-order valence-corrected chi connectivity index (χ1v) is 9.57. The van der Waals surface area contributed by atoms with E-state index in [0.29, 0.717) is 20.3 Å². The predicted octanol–water partition coefficient (Wildman–Crippen LogP) is 3.84. The smallest absolute Gasteiger partial charge is 0.263 e. The van der Waals surface area contributed by atoms with Crippen LogP contribution in [0.1, 0.15) is 11.1 Å². The van der Waals surface area contributed by atoms with Crippen molar-refractivity contribution in [2.45, 2.75) is 6.61 Å². The first-order chi connectivity index (χ1) is 12.8. The molecule has 0 spiro atoms. The monoisotopic (exact) mass is 512 g/mol. The Morgan fingerprint density at radius 2 is 1.59 bits per heavy atom. The molecule has 2 N–H and O–H groups in total. The van der Waals surface area contributed by atoms with Crippen molar-refractivity contribution < 1.29 is 18.7 Å².